The number of amides is 1. The number of thiazole rings is 1. The minimum atomic E-state index is -0.411. The lowest BCUT2D eigenvalue weighted by Crippen LogP contribution is -2.34. The van der Waals surface area contributed by atoms with E-state index >= 15 is 0 Å². The van der Waals surface area contributed by atoms with Crippen LogP contribution in [0.1, 0.15) is 25.5 Å². The molecular weight excluding hydrogens is 390 g/mol. The molecule has 1 amide bonds. The molecular formula is C20H23N5O3S. The van der Waals surface area contributed by atoms with Crippen molar-refractivity contribution in [1.29, 1.82) is 0 Å². The Labute approximate surface area is 171 Å². The summed E-state index contributed by atoms with van der Waals surface area (Å²) in [5, 5.41) is 8.21. The van der Waals surface area contributed by atoms with Crippen LogP contribution in [0.4, 0.5) is 5.13 Å². The molecule has 3 heterocycles. The number of rotatable bonds is 5. The Morgan fingerprint density at radius 1 is 1.24 bits per heavy atom. The van der Waals surface area contributed by atoms with Crippen molar-refractivity contribution in [2.24, 2.45) is 5.92 Å². The van der Waals surface area contributed by atoms with E-state index in [0.717, 1.165) is 35.9 Å². The lowest BCUT2D eigenvalue weighted by Gasteiger charge is -2.29. The van der Waals surface area contributed by atoms with Gasteiger partial charge in [-0.3, -0.25) is 24.4 Å². The molecule has 0 bridgehead atoms. The number of fused-ring (bicyclic) bond motifs is 1. The van der Waals surface area contributed by atoms with Gasteiger partial charge in [-0.05, 0) is 44.0 Å². The smallest absolute Gasteiger partial charge is 0.273 e. The second-order valence-electron chi connectivity index (χ2n) is 7.53. The van der Waals surface area contributed by atoms with E-state index in [1.165, 1.54) is 24.2 Å². The Hall–Kier alpha value is -2.78. The maximum absolute atomic E-state index is 12.5. The summed E-state index contributed by atoms with van der Waals surface area (Å²) in [6, 6.07) is 6.54. The quantitative estimate of drug-likeness (QED) is 0.667. The Kier molecular flexibility index (Phi) is 5.59. The zero-order chi connectivity index (χ0) is 20.4. The molecule has 0 atom stereocenters. The molecule has 1 aromatic carbocycles. The van der Waals surface area contributed by atoms with E-state index in [-0.39, 0.29) is 11.9 Å². The summed E-state index contributed by atoms with van der Waals surface area (Å²) in [4.78, 5) is 43.9. The van der Waals surface area contributed by atoms with Gasteiger partial charge in [0.05, 0.1) is 16.5 Å². The minimum absolute atomic E-state index is 0.280. The number of carbonyl (C=O) groups excluding carboxylic acids is 1. The molecule has 1 saturated heterocycles. The Balaban J connectivity index is 1.41. The number of benzene rings is 1. The van der Waals surface area contributed by atoms with E-state index in [1.54, 1.807) is 24.3 Å². The van der Waals surface area contributed by atoms with Crippen molar-refractivity contribution < 1.29 is 4.79 Å². The fraction of sp³-hybridized carbons (Fsp3) is 0.400. The van der Waals surface area contributed by atoms with Crippen LogP contribution in [-0.4, -0.2) is 38.7 Å². The van der Waals surface area contributed by atoms with Crippen molar-refractivity contribution in [3.63, 3.8) is 0 Å². The number of carbonyl (C=O) groups is 1. The van der Waals surface area contributed by atoms with Gasteiger partial charge in [0.15, 0.2) is 5.13 Å². The maximum Gasteiger partial charge on any atom is 0.273 e. The Bertz CT molecular complexity index is 1140. The zero-order valence-electron chi connectivity index (χ0n) is 16.2. The lowest BCUT2D eigenvalue weighted by molar-refractivity contribution is -0.117. The Morgan fingerprint density at radius 3 is 2.72 bits per heavy atom. The number of anilines is 1. The second kappa shape index (κ2) is 8.30. The average molecular weight is 414 g/mol. The van der Waals surface area contributed by atoms with Crippen LogP contribution in [0.2, 0.25) is 0 Å². The molecule has 1 aliphatic rings. The van der Waals surface area contributed by atoms with Gasteiger partial charge in [-0.15, -0.1) is 11.3 Å². The number of hydrogen-bond donors (Lipinski definition) is 2. The number of hydrogen-bond acceptors (Lipinski definition) is 6. The summed E-state index contributed by atoms with van der Waals surface area (Å²) >= 11 is 1.36. The van der Waals surface area contributed by atoms with Crippen molar-refractivity contribution in [1.82, 2.24) is 19.7 Å². The number of aromatic nitrogens is 3. The number of aromatic amines is 1. The van der Waals surface area contributed by atoms with E-state index in [4.69, 9.17) is 0 Å². The molecule has 4 rings (SSSR count). The highest BCUT2D eigenvalue weighted by Crippen LogP contribution is 2.21. The Morgan fingerprint density at radius 2 is 1.97 bits per heavy atom. The van der Waals surface area contributed by atoms with Crippen LogP contribution in [0.5, 0.6) is 0 Å². The molecule has 2 N–H and O–H groups in total. The predicted molar refractivity (Wildman–Crippen MR) is 113 cm³/mol. The van der Waals surface area contributed by atoms with Crippen LogP contribution < -0.4 is 16.4 Å². The molecule has 0 radical (unpaired) electrons. The maximum atomic E-state index is 12.5. The van der Waals surface area contributed by atoms with Gasteiger partial charge >= 0.3 is 0 Å². The largest absolute Gasteiger partial charge is 0.300 e. The monoisotopic (exact) mass is 413 g/mol. The van der Waals surface area contributed by atoms with E-state index in [0.29, 0.717) is 10.5 Å². The van der Waals surface area contributed by atoms with Crippen molar-refractivity contribution in [3.05, 3.63) is 56.0 Å². The summed E-state index contributed by atoms with van der Waals surface area (Å²) < 4.78 is 1.03. The van der Waals surface area contributed by atoms with Crippen LogP contribution >= 0.6 is 11.3 Å². The van der Waals surface area contributed by atoms with Crippen molar-refractivity contribution in [3.8, 4) is 0 Å². The molecule has 0 aliphatic carbocycles. The number of piperidine rings is 1. The van der Waals surface area contributed by atoms with Gasteiger partial charge in [0.25, 0.3) is 11.1 Å². The molecule has 152 valence electrons. The number of nitrogens with zero attached hydrogens (tertiary/aromatic N) is 3. The van der Waals surface area contributed by atoms with Gasteiger partial charge in [0.2, 0.25) is 5.91 Å². The predicted octanol–water partition coefficient (Wildman–Crippen LogP) is 2.02. The third-order valence-electron chi connectivity index (χ3n) is 5.25. The van der Waals surface area contributed by atoms with E-state index in [1.807, 2.05) is 5.38 Å². The van der Waals surface area contributed by atoms with Gasteiger partial charge in [0.1, 0.15) is 6.54 Å². The SMILES string of the molecule is CC1CCN(Cc2csc(NC(=O)Cn3[nH]c(=O)c4ccccc4c3=O)n2)CC1. The number of nitrogens with one attached hydrogen (secondary N) is 2. The molecule has 1 fully saturated rings. The standard InChI is InChI=1S/C20H23N5O3S/c1-13-6-8-24(9-7-13)10-14-12-29-20(21-14)22-17(26)11-25-19(28)16-5-3-2-4-15(16)18(27)23-25/h2-5,12-13H,6-11H2,1H3,(H,23,27)(H,21,22,26). The minimum Gasteiger partial charge on any atom is -0.300 e. The molecule has 0 unspecified atom stereocenters. The molecule has 2 aromatic heterocycles. The summed E-state index contributed by atoms with van der Waals surface area (Å²) in [7, 11) is 0. The van der Waals surface area contributed by atoms with E-state index in [2.05, 4.69) is 27.2 Å². The highest BCUT2D eigenvalue weighted by Gasteiger charge is 2.17. The highest BCUT2D eigenvalue weighted by atomic mass is 32.1. The topological polar surface area (TPSA) is 100 Å². The van der Waals surface area contributed by atoms with E-state index in [9.17, 15) is 14.4 Å². The molecule has 8 nitrogen and oxygen atoms in total. The first kappa shape index (κ1) is 19.5. The van der Waals surface area contributed by atoms with Crippen LogP contribution in [0.15, 0.2) is 39.2 Å². The highest BCUT2D eigenvalue weighted by molar-refractivity contribution is 7.13. The molecule has 0 spiro atoms. The molecule has 9 heteroatoms. The first-order chi connectivity index (χ1) is 14.0. The van der Waals surface area contributed by atoms with Crippen LogP contribution in [0.3, 0.4) is 0 Å². The summed E-state index contributed by atoms with van der Waals surface area (Å²) in [6.07, 6.45) is 2.40. The van der Waals surface area contributed by atoms with Crippen molar-refractivity contribution in [2.45, 2.75) is 32.9 Å². The molecule has 29 heavy (non-hydrogen) atoms. The summed E-state index contributed by atoms with van der Waals surface area (Å²) in [6.45, 7) is 4.91. The molecule has 1 aliphatic heterocycles. The third kappa shape index (κ3) is 4.46. The fourth-order valence-corrected chi connectivity index (χ4v) is 4.26. The van der Waals surface area contributed by atoms with Crippen LogP contribution in [0.25, 0.3) is 10.8 Å². The van der Waals surface area contributed by atoms with Crippen LogP contribution in [-0.2, 0) is 17.9 Å². The molecule has 0 saturated carbocycles. The summed E-state index contributed by atoms with van der Waals surface area (Å²) in [5.41, 5.74) is 0.117. The van der Waals surface area contributed by atoms with Crippen molar-refractivity contribution >= 4 is 33.1 Å². The number of H-pyrrole nitrogens is 1. The number of likely N-dealkylation sites (tertiary alicyclic amines) is 1. The fourth-order valence-electron chi connectivity index (χ4n) is 3.55. The second-order valence-corrected chi connectivity index (χ2v) is 8.39. The summed E-state index contributed by atoms with van der Waals surface area (Å²) in [5.74, 6) is 0.368. The average Bonchev–Trinajstić information content (AvgIpc) is 3.14. The first-order valence-electron chi connectivity index (χ1n) is 9.68. The first-order valence-corrected chi connectivity index (χ1v) is 10.6. The van der Waals surface area contributed by atoms with Gasteiger partial charge in [-0.25, -0.2) is 9.67 Å². The van der Waals surface area contributed by atoms with Crippen molar-refractivity contribution in [2.75, 3.05) is 18.4 Å². The third-order valence-corrected chi connectivity index (χ3v) is 6.05. The van der Waals surface area contributed by atoms with Gasteiger partial charge in [-0.2, -0.15) is 0 Å². The van der Waals surface area contributed by atoms with Crippen LogP contribution in [0, 0.1) is 5.92 Å². The van der Waals surface area contributed by atoms with Gasteiger partial charge in [0, 0.05) is 11.9 Å². The van der Waals surface area contributed by atoms with Gasteiger partial charge < -0.3 is 5.32 Å². The van der Waals surface area contributed by atoms with E-state index < -0.39 is 17.0 Å². The molecule has 3 aromatic rings. The lowest BCUT2D eigenvalue weighted by atomic mass is 9.99. The zero-order valence-corrected chi connectivity index (χ0v) is 17.0. The normalized spacial score (nSPS) is 15.6. The van der Waals surface area contributed by atoms with Gasteiger partial charge in [-0.1, -0.05) is 19.1 Å².